The summed E-state index contributed by atoms with van der Waals surface area (Å²) in [6.07, 6.45) is 0. The molecule has 0 saturated heterocycles. The van der Waals surface area contributed by atoms with Gasteiger partial charge in [0.25, 0.3) is 5.91 Å². The van der Waals surface area contributed by atoms with E-state index in [1.54, 1.807) is 11.9 Å². The van der Waals surface area contributed by atoms with Crippen molar-refractivity contribution in [2.75, 3.05) is 25.5 Å². The number of likely N-dealkylation sites (N-methyl/N-ethyl adjacent to an activating group) is 1. The van der Waals surface area contributed by atoms with Crippen molar-refractivity contribution >= 4 is 11.6 Å². The predicted octanol–water partition coefficient (Wildman–Crippen LogP) is 2.27. The molecule has 0 radical (unpaired) electrons. The highest BCUT2D eigenvalue weighted by Gasteiger charge is 2.28. The maximum absolute atomic E-state index is 12.4. The Hall–Kier alpha value is -1.55. The second-order valence-corrected chi connectivity index (χ2v) is 5.39. The standard InChI is InChI=1S/C15H24N2O2/c1-6-16-12-7-8-13(11(2)9-12)14(19)17(5)15(3,4)10-18/h7-9,16,18H,6,10H2,1-5H3. The van der Waals surface area contributed by atoms with Crippen molar-refractivity contribution in [3.8, 4) is 0 Å². The normalized spacial score (nSPS) is 11.3. The van der Waals surface area contributed by atoms with Crippen LogP contribution in [0.3, 0.4) is 0 Å². The minimum atomic E-state index is -0.566. The molecule has 0 aliphatic carbocycles. The van der Waals surface area contributed by atoms with E-state index in [0.29, 0.717) is 5.56 Å². The van der Waals surface area contributed by atoms with Crippen LogP contribution in [0, 0.1) is 6.92 Å². The Kier molecular flexibility index (Phi) is 4.95. The largest absolute Gasteiger partial charge is 0.394 e. The van der Waals surface area contributed by atoms with E-state index in [4.69, 9.17) is 0 Å². The van der Waals surface area contributed by atoms with Crippen LogP contribution in [0.15, 0.2) is 18.2 Å². The van der Waals surface area contributed by atoms with Gasteiger partial charge in [-0.15, -0.1) is 0 Å². The van der Waals surface area contributed by atoms with Gasteiger partial charge in [0.15, 0.2) is 0 Å². The first-order chi connectivity index (χ1) is 8.83. The molecule has 106 valence electrons. The number of nitrogens with zero attached hydrogens (tertiary/aromatic N) is 1. The van der Waals surface area contributed by atoms with E-state index in [0.717, 1.165) is 17.8 Å². The summed E-state index contributed by atoms with van der Waals surface area (Å²) in [4.78, 5) is 14.0. The lowest BCUT2D eigenvalue weighted by Crippen LogP contribution is -2.47. The topological polar surface area (TPSA) is 52.6 Å². The number of rotatable bonds is 5. The fourth-order valence-corrected chi connectivity index (χ4v) is 1.78. The summed E-state index contributed by atoms with van der Waals surface area (Å²) in [5, 5.41) is 12.6. The molecule has 1 rings (SSSR count). The zero-order valence-electron chi connectivity index (χ0n) is 12.4. The van der Waals surface area contributed by atoms with Crippen molar-refractivity contribution in [1.82, 2.24) is 4.90 Å². The molecule has 1 aromatic carbocycles. The first kappa shape index (κ1) is 15.5. The molecule has 0 unspecified atom stereocenters. The van der Waals surface area contributed by atoms with Gasteiger partial charge in [0.05, 0.1) is 12.1 Å². The van der Waals surface area contributed by atoms with Crippen molar-refractivity contribution < 1.29 is 9.90 Å². The Bertz CT molecular complexity index is 455. The SMILES string of the molecule is CCNc1ccc(C(=O)N(C)C(C)(C)CO)c(C)c1. The van der Waals surface area contributed by atoms with Crippen molar-refractivity contribution in [3.05, 3.63) is 29.3 Å². The summed E-state index contributed by atoms with van der Waals surface area (Å²) in [5.41, 5.74) is 2.06. The van der Waals surface area contributed by atoms with E-state index in [1.165, 1.54) is 0 Å². The number of anilines is 1. The van der Waals surface area contributed by atoms with Gasteiger partial charge in [-0.1, -0.05) is 0 Å². The third-order valence-electron chi connectivity index (χ3n) is 3.44. The number of benzene rings is 1. The molecule has 0 spiro atoms. The van der Waals surface area contributed by atoms with Crippen molar-refractivity contribution in [3.63, 3.8) is 0 Å². The van der Waals surface area contributed by atoms with Crippen molar-refractivity contribution in [1.29, 1.82) is 0 Å². The highest BCUT2D eigenvalue weighted by molar-refractivity contribution is 5.96. The average Bonchev–Trinajstić information content (AvgIpc) is 2.37. The maximum Gasteiger partial charge on any atom is 0.254 e. The fraction of sp³-hybridized carbons (Fsp3) is 0.533. The van der Waals surface area contributed by atoms with Crippen LogP contribution < -0.4 is 5.32 Å². The molecule has 0 heterocycles. The Morgan fingerprint density at radius 1 is 1.42 bits per heavy atom. The number of nitrogens with one attached hydrogen (secondary N) is 1. The number of hydrogen-bond acceptors (Lipinski definition) is 3. The Balaban J connectivity index is 3.00. The van der Waals surface area contributed by atoms with Gasteiger partial charge in [-0.25, -0.2) is 0 Å². The number of aliphatic hydroxyl groups excluding tert-OH is 1. The highest BCUT2D eigenvalue weighted by Crippen LogP contribution is 2.20. The van der Waals surface area contributed by atoms with E-state index in [2.05, 4.69) is 5.32 Å². The summed E-state index contributed by atoms with van der Waals surface area (Å²) in [6.45, 7) is 8.42. The lowest BCUT2D eigenvalue weighted by atomic mass is 10.0. The van der Waals surface area contributed by atoms with Gasteiger partial charge < -0.3 is 15.3 Å². The van der Waals surface area contributed by atoms with Gasteiger partial charge in [-0.05, 0) is 51.5 Å². The molecule has 0 fully saturated rings. The molecular formula is C15H24N2O2. The number of aliphatic hydroxyl groups is 1. The molecule has 1 aromatic rings. The average molecular weight is 264 g/mol. The minimum Gasteiger partial charge on any atom is -0.394 e. The van der Waals surface area contributed by atoms with Crippen molar-refractivity contribution in [2.45, 2.75) is 33.2 Å². The summed E-state index contributed by atoms with van der Waals surface area (Å²) < 4.78 is 0. The first-order valence-electron chi connectivity index (χ1n) is 6.57. The van der Waals surface area contributed by atoms with Gasteiger partial charge in [0.2, 0.25) is 0 Å². The molecule has 19 heavy (non-hydrogen) atoms. The van der Waals surface area contributed by atoms with Crippen molar-refractivity contribution in [2.24, 2.45) is 0 Å². The second kappa shape index (κ2) is 6.06. The van der Waals surface area contributed by atoms with E-state index in [9.17, 15) is 9.90 Å². The Morgan fingerprint density at radius 2 is 2.05 bits per heavy atom. The molecule has 4 heteroatoms. The van der Waals surface area contributed by atoms with Gasteiger partial charge in [0, 0.05) is 24.8 Å². The molecule has 2 N–H and O–H groups in total. The number of carbonyl (C=O) groups excluding carboxylic acids is 1. The Labute approximate surface area is 115 Å². The fourth-order valence-electron chi connectivity index (χ4n) is 1.78. The third kappa shape index (κ3) is 3.47. The van der Waals surface area contributed by atoms with Crippen LogP contribution in [-0.2, 0) is 0 Å². The van der Waals surface area contributed by atoms with Gasteiger partial charge >= 0.3 is 0 Å². The molecule has 0 atom stereocenters. The highest BCUT2D eigenvalue weighted by atomic mass is 16.3. The molecule has 1 amide bonds. The van der Waals surface area contributed by atoms with E-state index >= 15 is 0 Å². The van der Waals surface area contributed by atoms with Crippen LogP contribution in [0.4, 0.5) is 5.69 Å². The third-order valence-corrected chi connectivity index (χ3v) is 3.44. The number of hydrogen-bond donors (Lipinski definition) is 2. The lowest BCUT2D eigenvalue weighted by molar-refractivity contribution is 0.0472. The number of aryl methyl sites for hydroxylation is 1. The summed E-state index contributed by atoms with van der Waals surface area (Å²) >= 11 is 0. The maximum atomic E-state index is 12.4. The molecule has 4 nitrogen and oxygen atoms in total. The summed E-state index contributed by atoms with van der Waals surface area (Å²) in [6, 6.07) is 5.71. The van der Waals surface area contributed by atoms with Crippen LogP contribution >= 0.6 is 0 Å². The zero-order chi connectivity index (χ0) is 14.6. The molecular weight excluding hydrogens is 240 g/mol. The quantitative estimate of drug-likeness (QED) is 0.858. The lowest BCUT2D eigenvalue weighted by Gasteiger charge is -2.34. The Morgan fingerprint density at radius 3 is 2.53 bits per heavy atom. The van der Waals surface area contributed by atoms with E-state index in [1.807, 2.05) is 45.9 Å². The van der Waals surface area contributed by atoms with Crippen LogP contribution in [0.5, 0.6) is 0 Å². The summed E-state index contributed by atoms with van der Waals surface area (Å²) in [5.74, 6) is -0.0698. The van der Waals surface area contributed by atoms with Gasteiger partial charge in [-0.2, -0.15) is 0 Å². The van der Waals surface area contributed by atoms with Gasteiger partial charge in [-0.3, -0.25) is 4.79 Å². The van der Waals surface area contributed by atoms with Crippen LogP contribution in [0.1, 0.15) is 36.7 Å². The molecule has 0 aromatic heterocycles. The van der Waals surface area contributed by atoms with Crippen LogP contribution in [0.2, 0.25) is 0 Å². The molecule has 0 saturated carbocycles. The molecule has 0 aliphatic rings. The van der Waals surface area contributed by atoms with Crippen LogP contribution in [-0.4, -0.2) is 41.7 Å². The molecule has 0 aliphatic heterocycles. The number of carbonyl (C=O) groups is 1. The van der Waals surface area contributed by atoms with Crippen LogP contribution in [0.25, 0.3) is 0 Å². The van der Waals surface area contributed by atoms with E-state index < -0.39 is 5.54 Å². The van der Waals surface area contributed by atoms with Gasteiger partial charge in [0.1, 0.15) is 0 Å². The predicted molar refractivity (Wildman–Crippen MR) is 78.6 cm³/mol. The minimum absolute atomic E-state index is 0.0657. The summed E-state index contributed by atoms with van der Waals surface area (Å²) in [7, 11) is 1.72. The van der Waals surface area contributed by atoms with E-state index in [-0.39, 0.29) is 12.5 Å². The second-order valence-electron chi connectivity index (χ2n) is 5.39. The monoisotopic (exact) mass is 264 g/mol. The zero-order valence-corrected chi connectivity index (χ0v) is 12.4. The number of amides is 1. The first-order valence-corrected chi connectivity index (χ1v) is 6.57. The smallest absolute Gasteiger partial charge is 0.254 e. The molecule has 0 bridgehead atoms.